The summed E-state index contributed by atoms with van der Waals surface area (Å²) in [5.74, 6) is 0. The molecular formula is C62H62O. The van der Waals surface area contributed by atoms with E-state index in [0.29, 0.717) is 90.6 Å². The maximum absolute atomic E-state index is 10.4. The monoisotopic (exact) mass is 831 g/mol. The molecule has 10 aromatic rings. The van der Waals surface area contributed by atoms with Crippen LogP contribution in [0.25, 0.3) is 98.1 Å². The molecule has 9 aromatic carbocycles. The fourth-order valence-electron chi connectivity index (χ4n) is 11.2. The van der Waals surface area contributed by atoms with Crippen molar-refractivity contribution < 1.29 is 15.4 Å². The number of rotatable bonds is 2. The molecule has 0 unspecified atom stereocenters. The molecule has 0 bridgehead atoms. The molecule has 1 aromatic heterocycles. The molecule has 0 atom stereocenters. The molecule has 0 radical (unpaired) electrons. The number of furan rings is 1. The molecule has 0 N–H and O–H groups in total. The average molecular weight is 831 g/mol. The number of benzene rings is 9. The van der Waals surface area contributed by atoms with Crippen LogP contribution in [0, 0.1) is 125 Å². The lowest BCUT2D eigenvalue weighted by atomic mass is 9.75. The summed E-state index contributed by atoms with van der Waals surface area (Å²) in [5.41, 5.74) is 20.1. The molecule has 1 heteroatoms. The van der Waals surface area contributed by atoms with Crippen molar-refractivity contribution in [3.05, 3.63) is 148 Å². The minimum Gasteiger partial charge on any atom is -0.455 e. The fourth-order valence-corrected chi connectivity index (χ4v) is 11.2. The van der Waals surface area contributed by atoms with Crippen molar-refractivity contribution in [2.75, 3.05) is 0 Å². The molecule has 0 aliphatic heterocycles. The van der Waals surface area contributed by atoms with Crippen LogP contribution in [0.3, 0.4) is 0 Å². The number of fused-ring (bicyclic) bond motifs is 9. The van der Waals surface area contributed by atoms with Crippen LogP contribution in [0.2, 0.25) is 0 Å². The van der Waals surface area contributed by atoms with Crippen LogP contribution in [0.5, 0.6) is 0 Å². The van der Waals surface area contributed by atoms with E-state index in [0.717, 1.165) is 138 Å². The molecule has 10 rings (SSSR count). The first kappa shape index (κ1) is 32.7. The molecule has 316 valence electrons. The van der Waals surface area contributed by atoms with E-state index in [1.807, 2.05) is 69.2 Å². The highest BCUT2D eigenvalue weighted by Gasteiger charge is 2.30. The Kier molecular flexibility index (Phi) is 7.16. The number of hydrogen-bond acceptors (Lipinski definition) is 1. The van der Waals surface area contributed by atoms with E-state index in [4.69, 9.17) is 4.42 Å². The first-order valence-corrected chi connectivity index (χ1v) is 22.4. The van der Waals surface area contributed by atoms with Gasteiger partial charge in [-0.3, -0.25) is 0 Å². The van der Waals surface area contributed by atoms with Gasteiger partial charge in [-0.05, 0) is 301 Å². The second-order valence-electron chi connectivity index (χ2n) is 19.0. The molecule has 0 amide bonds. The Morgan fingerprint density at radius 3 is 1.44 bits per heavy atom. The summed E-state index contributed by atoms with van der Waals surface area (Å²) in [6, 6.07) is 2.07. The van der Waals surface area contributed by atoms with E-state index in [9.17, 15) is 11.0 Å². The average Bonchev–Trinajstić information content (AvgIpc) is 3.74. The summed E-state index contributed by atoms with van der Waals surface area (Å²) >= 11 is 0. The van der Waals surface area contributed by atoms with E-state index < -0.39 is 0 Å². The van der Waals surface area contributed by atoms with Crippen LogP contribution in [0.15, 0.2) is 52.8 Å². The fraction of sp³-hybridized carbons (Fsp3) is 0.290. The third kappa shape index (κ3) is 5.35. The number of aryl methyl sites for hydroxylation is 10. The molecule has 0 saturated heterocycles. The van der Waals surface area contributed by atoms with Crippen molar-refractivity contribution in [2.24, 2.45) is 0 Å². The van der Waals surface area contributed by atoms with Crippen LogP contribution in [-0.4, -0.2) is 0 Å². The predicted octanol–water partition coefficient (Wildman–Crippen LogP) is 18.2. The van der Waals surface area contributed by atoms with E-state index in [-0.39, 0.29) is 18.1 Å². The van der Waals surface area contributed by atoms with E-state index >= 15 is 0 Å². The van der Waals surface area contributed by atoms with Crippen molar-refractivity contribution in [1.82, 2.24) is 0 Å². The molecule has 0 aliphatic rings. The molecule has 1 nitrogen and oxygen atoms in total. The van der Waals surface area contributed by atoms with Gasteiger partial charge in [-0.15, -0.1) is 0 Å². The van der Waals surface area contributed by atoms with Gasteiger partial charge in [-0.1, -0.05) is 42.3 Å². The van der Waals surface area contributed by atoms with Crippen LogP contribution in [0.1, 0.15) is 111 Å². The van der Waals surface area contributed by atoms with E-state index in [1.54, 1.807) is 0 Å². The third-order valence-corrected chi connectivity index (χ3v) is 15.7. The highest BCUT2D eigenvalue weighted by atomic mass is 16.3. The molecule has 0 saturated carbocycles. The van der Waals surface area contributed by atoms with Gasteiger partial charge in [0.05, 0.1) is 11.0 Å². The van der Waals surface area contributed by atoms with Gasteiger partial charge in [0.1, 0.15) is 11.2 Å². The Morgan fingerprint density at radius 1 is 0.286 bits per heavy atom. The topological polar surface area (TPSA) is 13.1 Å². The second kappa shape index (κ2) is 13.8. The molecule has 1 heterocycles. The Hall–Kier alpha value is -5.92. The van der Waals surface area contributed by atoms with Crippen molar-refractivity contribution in [1.29, 1.82) is 0 Å². The minimum atomic E-state index is 0.102. The van der Waals surface area contributed by atoms with Crippen LogP contribution >= 0.6 is 0 Å². The smallest absolute Gasteiger partial charge is 0.139 e. The van der Waals surface area contributed by atoms with Gasteiger partial charge in [0.15, 0.2) is 0 Å². The van der Waals surface area contributed by atoms with Crippen molar-refractivity contribution in [3.8, 4) is 22.3 Å². The van der Waals surface area contributed by atoms with E-state index in [2.05, 4.69) is 55.4 Å². The molecular weight excluding hydrogens is 761 g/mol. The first-order valence-electron chi connectivity index (χ1n) is 26.4. The lowest BCUT2D eigenvalue weighted by molar-refractivity contribution is 0.663. The largest absolute Gasteiger partial charge is 0.455 e. The van der Waals surface area contributed by atoms with Gasteiger partial charge in [0.25, 0.3) is 0 Å². The summed E-state index contributed by atoms with van der Waals surface area (Å²) in [6.45, 7) is 36.5. The zero-order chi connectivity index (χ0) is 52.1. The second-order valence-corrected chi connectivity index (χ2v) is 19.0. The Balaban J connectivity index is 1.55. The highest BCUT2D eigenvalue weighted by molar-refractivity contribution is 6.30. The Labute approximate surface area is 385 Å². The highest BCUT2D eigenvalue weighted by Crippen LogP contribution is 2.54. The Bertz CT molecular complexity index is 4180. The maximum atomic E-state index is 10.4. The predicted molar refractivity (Wildman–Crippen MR) is 277 cm³/mol. The standard InChI is InChI=1S/C62H62O/c1-27-19-20-28(2)52-51(27)59(49-24-32(6)35(9)62-58(49)50-26-45-21-31(5)34(8)38(12)53(45)44(18)61(50)63-62)56-39(13)36(10)37(11)40(14)57(56)60(52)54-41(15)42(16)55-47(43(54)17)25-33(7)46-22-29(3)30(4)23-48(46)55/h19-26H,1-18H3/i19D,20D,21D,22D,23D,24D,25D,26D. The lowest BCUT2D eigenvalue weighted by Crippen LogP contribution is -2.04. The quantitative estimate of drug-likeness (QED) is 0.125. The molecule has 0 fully saturated rings. The summed E-state index contributed by atoms with van der Waals surface area (Å²) in [4.78, 5) is 0. The van der Waals surface area contributed by atoms with Gasteiger partial charge in [-0.25, -0.2) is 0 Å². The maximum Gasteiger partial charge on any atom is 0.139 e. The Morgan fingerprint density at radius 2 is 0.810 bits per heavy atom. The molecule has 63 heavy (non-hydrogen) atoms. The number of hydrogen-bond donors (Lipinski definition) is 0. The molecule has 0 spiro atoms. The third-order valence-electron chi connectivity index (χ3n) is 15.7. The van der Waals surface area contributed by atoms with Crippen molar-refractivity contribution >= 4 is 75.8 Å². The summed E-state index contributed by atoms with van der Waals surface area (Å²) in [7, 11) is 0. The zero-order valence-corrected chi connectivity index (χ0v) is 40.4. The van der Waals surface area contributed by atoms with Gasteiger partial charge in [0, 0.05) is 16.3 Å². The van der Waals surface area contributed by atoms with Crippen molar-refractivity contribution in [3.63, 3.8) is 0 Å². The lowest BCUT2D eigenvalue weighted by Gasteiger charge is -2.28. The SMILES string of the molecule is [2H]c1c([2H])c(C)c2c(-c3c([2H])c(C)c(C)c4oc5c(C)c6c(C)c(C)c(C)c([2H])c6c([2H])c5c34)c3c(C)c(C)c(C)c(C)c3c(-c3c(C)c(C)c4c(c([2H])c(C)c5c([2H])c(C)c(C)c([2H])c54)c3C)c2c1C. The van der Waals surface area contributed by atoms with Crippen LogP contribution in [-0.2, 0) is 0 Å². The van der Waals surface area contributed by atoms with Gasteiger partial charge in [-0.2, -0.15) is 0 Å². The molecule has 0 aliphatic carbocycles. The zero-order valence-electron chi connectivity index (χ0n) is 48.4. The normalized spacial score (nSPS) is 14.1. The summed E-state index contributed by atoms with van der Waals surface area (Å²) in [5, 5.41) is 8.95. The van der Waals surface area contributed by atoms with Crippen LogP contribution < -0.4 is 0 Å². The summed E-state index contributed by atoms with van der Waals surface area (Å²) in [6.07, 6.45) is 0. The van der Waals surface area contributed by atoms with Gasteiger partial charge >= 0.3 is 0 Å². The van der Waals surface area contributed by atoms with E-state index in [1.165, 1.54) is 0 Å². The minimum absolute atomic E-state index is 0.102. The van der Waals surface area contributed by atoms with Gasteiger partial charge < -0.3 is 4.42 Å². The van der Waals surface area contributed by atoms with Crippen LogP contribution in [0.4, 0.5) is 0 Å². The first-order chi connectivity index (χ1) is 33.2. The van der Waals surface area contributed by atoms with Gasteiger partial charge in [0.2, 0.25) is 0 Å². The summed E-state index contributed by atoms with van der Waals surface area (Å²) < 4.78 is 85.3. The van der Waals surface area contributed by atoms with Crippen molar-refractivity contribution in [2.45, 2.75) is 125 Å².